The van der Waals surface area contributed by atoms with Gasteiger partial charge in [0.25, 0.3) is 0 Å². The minimum Gasteiger partial charge on any atom is -0.370 e. The molecule has 0 spiro atoms. The van der Waals surface area contributed by atoms with Crippen LogP contribution in [0.5, 0.6) is 0 Å². The largest absolute Gasteiger partial charge is 0.417 e. The summed E-state index contributed by atoms with van der Waals surface area (Å²) >= 11 is 0. The summed E-state index contributed by atoms with van der Waals surface area (Å²) < 4.78 is 62.9. The summed E-state index contributed by atoms with van der Waals surface area (Å²) in [4.78, 5) is 14.9. The SMILES string of the molecule is CC(C)(C)C(=O)N1CCCN(c2ccc(S(N)(=O)=O)c(C(F)(F)F)c2)CC1. The molecular weight excluding hydrogens is 383 g/mol. The molecule has 2 rings (SSSR count). The quantitative estimate of drug-likeness (QED) is 0.816. The third kappa shape index (κ3) is 5.13. The topological polar surface area (TPSA) is 83.7 Å². The summed E-state index contributed by atoms with van der Waals surface area (Å²) in [6, 6.07) is 3.01. The maximum absolute atomic E-state index is 13.3. The lowest BCUT2D eigenvalue weighted by atomic mass is 9.94. The van der Waals surface area contributed by atoms with Gasteiger partial charge in [-0.25, -0.2) is 13.6 Å². The van der Waals surface area contributed by atoms with Crippen molar-refractivity contribution in [1.29, 1.82) is 0 Å². The van der Waals surface area contributed by atoms with E-state index in [4.69, 9.17) is 5.14 Å². The molecule has 1 aliphatic rings. The van der Waals surface area contributed by atoms with Crippen molar-refractivity contribution in [3.05, 3.63) is 23.8 Å². The second-order valence-corrected chi connectivity index (χ2v) is 9.14. The Morgan fingerprint density at radius 2 is 1.70 bits per heavy atom. The maximum Gasteiger partial charge on any atom is 0.417 e. The first kappa shape index (κ1) is 21.5. The first-order valence-electron chi connectivity index (χ1n) is 8.49. The second kappa shape index (κ2) is 7.31. The molecule has 0 aromatic heterocycles. The predicted molar refractivity (Wildman–Crippen MR) is 95.7 cm³/mol. The number of hydrogen-bond acceptors (Lipinski definition) is 4. The van der Waals surface area contributed by atoms with Gasteiger partial charge in [-0.15, -0.1) is 0 Å². The number of amides is 1. The number of halogens is 3. The average molecular weight is 407 g/mol. The molecule has 1 fully saturated rings. The third-order valence-electron chi connectivity index (χ3n) is 4.36. The smallest absolute Gasteiger partial charge is 0.370 e. The zero-order valence-corrected chi connectivity index (χ0v) is 16.3. The number of nitrogens with zero attached hydrogens (tertiary/aromatic N) is 2. The summed E-state index contributed by atoms with van der Waals surface area (Å²) in [5.74, 6) is -0.00935. The Kier molecular flexibility index (Phi) is 5.82. The molecule has 1 heterocycles. The van der Waals surface area contributed by atoms with Crippen LogP contribution in [0, 0.1) is 5.41 Å². The van der Waals surface area contributed by atoms with Gasteiger partial charge < -0.3 is 9.80 Å². The highest BCUT2D eigenvalue weighted by molar-refractivity contribution is 7.89. The minimum atomic E-state index is -4.85. The number of benzene rings is 1. The van der Waals surface area contributed by atoms with E-state index in [0.717, 1.165) is 12.1 Å². The molecule has 0 saturated carbocycles. The fourth-order valence-corrected chi connectivity index (χ4v) is 3.78. The number of carbonyl (C=O) groups excluding carboxylic acids is 1. The minimum absolute atomic E-state index is 0.00935. The lowest BCUT2D eigenvalue weighted by molar-refractivity contribution is -0.140. The molecule has 1 amide bonds. The van der Waals surface area contributed by atoms with Crippen LogP contribution >= 0.6 is 0 Å². The fraction of sp³-hybridized carbons (Fsp3) is 0.588. The third-order valence-corrected chi connectivity index (χ3v) is 5.33. The molecule has 1 aromatic carbocycles. The van der Waals surface area contributed by atoms with Gasteiger partial charge in [0, 0.05) is 37.3 Å². The molecule has 152 valence electrons. The molecule has 10 heteroatoms. The van der Waals surface area contributed by atoms with E-state index in [1.54, 1.807) is 9.80 Å². The van der Waals surface area contributed by atoms with Gasteiger partial charge in [-0.2, -0.15) is 13.2 Å². The Labute approximate surface area is 157 Å². The Bertz CT molecular complexity index is 817. The molecule has 2 N–H and O–H groups in total. The van der Waals surface area contributed by atoms with Crippen LogP contribution in [0.2, 0.25) is 0 Å². The van der Waals surface area contributed by atoms with Gasteiger partial charge in [-0.1, -0.05) is 20.8 Å². The van der Waals surface area contributed by atoms with Crippen LogP contribution in [-0.4, -0.2) is 45.4 Å². The Hall–Kier alpha value is -1.81. The van der Waals surface area contributed by atoms with Crippen molar-refractivity contribution in [3.63, 3.8) is 0 Å². The van der Waals surface area contributed by atoms with E-state index in [2.05, 4.69) is 0 Å². The molecule has 0 atom stereocenters. The van der Waals surface area contributed by atoms with Crippen molar-refractivity contribution >= 4 is 21.6 Å². The van der Waals surface area contributed by atoms with Crippen molar-refractivity contribution in [3.8, 4) is 0 Å². The molecule has 0 unspecified atom stereocenters. The Morgan fingerprint density at radius 3 is 2.22 bits per heavy atom. The van der Waals surface area contributed by atoms with E-state index in [0.29, 0.717) is 32.6 Å². The van der Waals surface area contributed by atoms with Crippen LogP contribution in [0.1, 0.15) is 32.8 Å². The average Bonchev–Trinajstić information content (AvgIpc) is 2.77. The summed E-state index contributed by atoms with van der Waals surface area (Å²) in [6.07, 6.45) is -4.25. The van der Waals surface area contributed by atoms with Crippen molar-refractivity contribution in [2.75, 3.05) is 31.1 Å². The predicted octanol–water partition coefficient (Wildman–Crippen LogP) is 2.44. The van der Waals surface area contributed by atoms with Crippen LogP contribution in [0.15, 0.2) is 23.1 Å². The van der Waals surface area contributed by atoms with E-state index >= 15 is 0 Å². The number of anilines is 1. The van der Waals surface area contributed by atoms with Gasteiger partial charge >= 0.3 is 6.18 Å². The number of hydrogen-bond donors (Lipinski definition) is 1. The number of sulfonamides is 1. The molecule has 1 aliphatic heterocycles. The summed E-state index contributed by atoms with van der Waals surface area (Å²) in [6.45, 7) is 7.18. The normalized spacial score (nSPS) is 17.0. The zero-order chi connectivity index (χ0) is 20.6. The molecular formula is C17H24F3N3O3S. The number of carbonyl (C=O) groups is 1. The van der Waals surface area contributed by atoms with Gasteiger partial charge in [0.05, 0.1) is 10.5 Å². The lowest BCUT2D eigenvalue weighted by Gasteiger charge is -2.29. The monoisotopic (exact) mass is 407 g/mol. The maximum atomic E-state index is 13.3. The van der Waals surface area contributed by atoms with Crippen molar-refractivity contribution in [2.45, 2.75) is 38.3 Å². The van der Waals surface area contributed by atoms with E-state index in [1.807, 2.05) is 20.8 Å². The molecule has 27 heavy (non-hydrogen) atoms. The van der Waals surface area contributed by atoms with Gasteiger partial charge in [0.2, 0.25) is 15.9 Å². The van der Waals surface area contributed by atoms with Crippen LogP contribution < -0.4 is 10.0 Å². The Balaban J connectivity index is 2.30. The highest BCUT2D eigenvalue weighted by Crippen LogP contribution is 2.36. The summed E-state index contributed by atoms with van der Waals surface area (Å²) in [7, 11) is -4.50. The van der Waals surface area contributed by atoms with Crippen LogP contribution in [0.25, 0.3) is 0 Å². The highest BCUT2D eigenvalue weighted by atomic mass is 32.2. The molecule has 1 saturated heterocycles. The fourth-order valence-electron chi connectivity index (χ4n) is 3.04. The molecule has 6 nitrogen and oxygen atoms in total. The van der Waals surface area contributed by atoms with Crippen molar-refractivity contribution < 1.29 is 26.4 Å². The van der Waals surface area contributed by atoms with Crippen molar-refractivity contribution in [1.82, 2.24) is 4.90 Å². The number of primary sulfonamides is 1. The van der Waals surface area contributed by atoms with Crippen LogP contribution in [0.4, 0.5) is 18.9 Å². The van der Waals surface area contributed by atoms with Crippen LogP contribution in [0.3, 0.4) is 0 Å². The van der Waals surface area contributed by atoms with Gasteiger partial charge in [0.15, 0.2) is 0 Å². The van der Waals surface area contributed by atoms with Crippen LogP contribution in [-0.2, 0) is 21.0 Å². The van der Waals surface area contributed by atoms with Gasteiger partial charge in [-0.3, -0.25) is 4.79 Å². The molecule has 0 aliphatic carbocycles. The Morgan fingerprint density at radius 1 is 1.07 bits per heavy atom. The van der Waals surface area contributed by atoms with Crippen molar-refractivity contribution in [2.24, 2.45) is 10.6 Å². The molecule has 0 radical (unpaired) electrons. The first-order chi connectivity index (χ1) is 12.2. The highest BCUT2D eigenvalue weighted by Gasteiger charge is 2.37. The number of rotatable bonds is 2. The number of alkyl halides is 3. The van der Waals surface area contributed by atoms with E-state index < -0.39 is 32.1 Å². The van der Waals surface area contributed by atoms with E-state index in [-0.39, 0.29) is 11.6 Å². The number of nitrogens with two attached hydrogens (primary N) is 1. The second-order valence-electron chi connectivity index (χ2n) is 7.61. The molecule has 1 aromatic rings. The first-order valence-corrected chi connectivity index (χ1v) is 10.0. The van der Waals surface area contributed by atoms with E-state index in [9.17, 15) is 26.4 Å². The summed E-state index contributed by atoms with van der Waals surface area (Å²) in [5.41, 5.74) is -1.57. The van der Waals surface area contributed by atoms with E-state index in [1.165, 1.54) is 6.07 Å². The van der Waals surface area contributed by atoms with Gasteiger partial charge in [-0.05, 0) is 24.6 Å². The zero-order valence-electron chi connectivity index (χ0n) is 15.5. The molecule has 0 bridgehead atoms. The standard InChI is InChI=1S/C17H24F3N3O3S/c1-16(2,3)15(24)23-8-4-7-22(9-10-23)12-5-6-14(27(21,25)26)13(11-12)17(18,19)20/h5-6,11H,4,7-10H2,1-3H3,(H2,21,25,26). The summed E-state index contributed by atoms with van der Waals surface area (Å²) in [5, 5.41) is 4.91. The lowest BCUT2D eigenvalue weighted by Crippen LogP contribution is -2.41. The van der Waals surface area contributed by atoms with Gasteiger partial charge in [0.1, 0.15) is 0 Å².